The molecule has 3 heteroatoms. The highest BCUT2D eigenvalue weighted by Gasteiger charge is 2.28. The van der Waals surface area contributed by atoms with Crippen molar-refractivity contribution < 1.29 is 4.74 Å². The van der Waals surface area contributed by atoms with Crippen molar-refractivity contribution in [3.63, 3.8) is 0 Å². The van der Waals surface area contributed by atoms with E-state index in [0.29, 0.717) is 0 Å². The van der Waals surface area contributed by atoms with Crippen LogP contribution in [0.25, 0.3) is 0 Å². The van der Waals surface area contributed by atoms with Crippen LogP contribution >= 0.6 is 0 Å². The fourth-order valence-electron chi connectivity index (χ4n) is 2.65. The number of methoxy groups -OCH3 is 1. The van der Waals surface area contributed by atoms with E-state index in [4.69, 9.17) is 4.74 Å². The zero-order valence-electron chi connectivity index (χ0n) is 12.4. The summed E-state index contributed by atoms with van der Waals surface area (Å²) in [5, 5.41) is 3.63. The SMILES string of the molecule is CCC1(C)CN(CCc2ccc(OC)cc2)CCN1. The summed E-state index contributed by atoms with van der Waals surface area (Å²) >= 11 is 0. The Bertz CT molecular complexity index is 390. The van der Waals surface area contributed by atoms with Crippen molar-refractivity contribution in [3.05, 3.63) is 29.8 Å². The molecular weight excluding hydrogens is 236 g/mol. The first-order valence-corrected chi connectivity index (χ1v) is 7.25. The third kappa shape index (κ3) is 3.95. The number of piperazine rings is 1. The van der Waals surface area contributed by atoms with Crippen molar-refractivity contribution in [1.29, 1.82) is 0 Å². The van der Waals surface area contributed by atoms with Gasteiger partial charge in [-0.1, -0.05) is 19.1 Å². The maximum absolute atomic E-state index is 5.19. The molecule has 19 heavy (non-hydrogen) atoms. The molecule has 1 atom stereocenters. The summed E-state index contributed by atoms with van der Waals surface area (Å²) in [6.07, 6.45) is 2.30. The van der Waals surface area contributed by atoms with Crippen LogP contribution in [0.1, 0.15) is 25.8 Å². The molecule has 106 valence electrons. The summed E-state index contributed by atoms with van der Waals surface area (Å²) in [5.41, 5.74) is 1.68. The first-order valence-electron chi connectivity index (χ1n) is 7.25. The molecule has 0 aliphatic carbocycles. The summed E-state index contributed by atoms with van der Waals surface area (Å²) in [6.45, 7) is 9.15. The Morgan fingerprint density at radius 3 is 2.68 bits per heavy atom. The topological polar surface area (TPSA) is 24.5 Å². The van der Waals surface area contributed by atoms with E-state index in [2.05, 4.69) is 36.2 Å². The molecule has 1 aromatic carbocycles. The smallest absolute Gasteiger partial charge is 0.118 e. The second-order valence-electron chi connectivity index (χ2n) is 5.72. The van der Waals surface area contributed by atoms with E-state index >= 15 is 0 Å². The molecule has 2 rings (SSSR count). The number of nitrogens with zero attached hydrogens (tertiary/aromatic N) is 1. The minimum Gasteiger partial charge on any atom is -0.497 e. The monoisotopic (exact) mass is 262 g/mol. The van der Waals surface area contributed by atoms with Gasteiger partial charge < -0.3 is 10.1 Å². The minimum atomic E-state index is 0.290. The van der Waals surface area contributed by atoms with Crippen LogP contribution in [-0.2, 0) is 6.42 Å². The normalized spacial score (nSPS) is 24.4. The number of benzene rings is 1. The van der Waals surface area contributed by atoms with Crippen molar-refractivity contribution in [2.24, 2.45) is 0 Å². The van der Waals surface area contributed by atoms with Crippen LogP contribution in [0.2, 0.25) is 0 Å². The van der Waals surface area contributed by atoms with E-state index in [1.54, 1.807) is 7.11 Å². The van der Waals surface area contributed by atoms with Gasteiger partial charge >= 0.3 is 0 Å². The standard InChI is InChI=1S/C16H26N2O/c1-4-16(2)13-18(12-10-17-16)11-9-14-5-7-15(19-3)8-6-14/h5-8,17H,4,9-13H2,1-3H3. The quantitative estimate of drug-likeness (QED) is 0.881. The van der Waals surface area contributed by atoms with Gasteiger partial charge in [-0.15, -0.1) is 0 Å². The third-order valence-corrected chi connectivity index (χ3v) is 4.21. The number of nitrogens with one attached hydrogen (secondary N) is 1. The van der Waals surface area contributed by atoms with Crippen LogP contribution in [0.4, 0.5) is 0 Å². The average molecular weight is 262 g/mol. The molecule has 1 unspecified atom stereocenters. The highest BCUT2D eigenvalue weighted by Crippen LogP contribution is 2.16. The van der Waals surface area contributed by atoms with Crippen LogP contribution in [0, 0.1) is 0 Å². The highest BCUT2D eigenvalue weighted by molar-refractivity contribution is 5.27. The highest BCUT2D eigenvalue weighted by atomic mass is 16.5. The second-order valence-corrected chi connectivity index (χ2v) is 5.72. The number of rotatable bonds is 5. The Morgan fingerprint density at radius 2 is 2.05 bits per heavy atom. The fraction of sp³-hybridized carbons (Fsp3) is 0.625. The van der Waals surface area contributed by atoms with E-state index in [0.717, 1.165) is 38.3 Å². The molecule has 1 fully saturated rings. The molecule has 3 nitrogen and oxygen atoms in total. The predicted octanol–water partition coefficient (Wildman–Crippen LogP) is 2.31. The van der Waals surface area contributed by atoms with Gasteiger partial charge in [0.25, 0.3) is 0 Å². The lowest BCUT2D eigenvalue weighted by molar-refractivity contribution is 0.141. The zero-order chi connectivity index (χ0) is 13.7. The summed E-state index contributed by atoms with van der Waals surface area (Å²) in [6, 6.07) is 8.42. The molecule has 1 aromatic rings. The summed E-state index contributed by atoms with van der Waals surface area (Å²) in [7, 11) is 1.71. The molecule has 1 heterocycles. The van der Waals surface area contributed by atoms with E-state index in [1.165, 1.54) is 12.0 Å². The first-order chi connectivity index (χ1) is 9.15. The fourth-order valence-corrected chi connectivity index (χ4v) is 2.65. The maximum Gasteiger partial charge on any atom is 0.118 e. The van der Waals surface area contributed by atoms with Crippen LogP contribution < -0.4 is 10.1 Å². The Labute approximate surface area is 116 Å². The first kappa shape index (κ1) is 14.4. The van der Waals surface area contributed by atoms with Gasteiger partial charge in [0.05, 0.1) is 7.11 Å². The molecule has 1 N–H and O–H groups in total. The van der Waals surface area contributed by atoms with Crippen molar-refractivity contribution in [1.82, 2.24) is 10.2 Å². The molecule has 0 aromatic heterocycles. The van der Waals surface area contributed by atoms with Gasteiger partial charge in [0.1, 0.15) is 5.75 Å². The molecule has 1 saturated heterocycles. The van der Waals surface area contributed by atoms with Gasteiger partial charge in [0.2, 0.25) is 0 Å². The van der Waals surface area contributed by atoms with E-state index in [-0.39, 0.29) is 5.54 Å². The molecule has 0 amide bonds. The number of hydrogen-bond acceptors (Lipinski definition) is 3. The second kappa shape index (κ2) is 6.40. The van der Waals surface area contributed by atoms with E-state index in [1.807, 2.05) is 12.1 Å². The zero-order valence-corrected chi connectivity index (χ0v) is 12.4. The minimum absolute atomic E-state index is 0.290. The van der Waals surface area contributed by atoms with Crippen molar-refractivity contribution in [2.75, 3.05) is 33.3 Å². The lowest BCUT2D eigenvalue weighted by Gasteiger charge is -2.41. The van der Waals surface area contributed by atoms with Gasteiger partial charge in [-0.25, -0.2) is 0 Å². The van der Waals surface area contributed by atoms with Crippen LogP contribution in [0.5, 0.6) is 5.75 Å². The molecule has 0 bridgehead atoms. The predicted molar refractivity (Wildman–Crippen MR) is 79.8 cm³/mol. The van der Waals surface area contributed by atoms with Crippen LogP contribution in [0.3, 0.4) is 0 Å². The van der Waals surface area contributed by atoms with Gasteiger partial charge in [0.15, 0.2) is 0 Å². The van der Waals surface area contributed by atoms with Crippen molar-refractivity contribution in [2.45, 2.75) is 32.2 Å². The lowest BCUT2D eigenvalue weighted by Crippen LogP contribution is -2.58. The Kier molecular flexibility index (Phi) is 4.83. The number of hydrogen-bond donors (Lipinski definition) is 1. The van der Waals surface area contributed by atoms with Gasteiger partial charge in [-0.3, -0.25) is 4.90 Å². The number of ether oxygens (including phenoxy) is 1. The van der Waals surface area contributed by atoms with Crippen molar-refractivity contribution >= 4 is 0 Å². The molecule has 1 aliphatic heterocycles. The maximum atomic E-state index is 5.19. The molecule has 0 radical (unpaired) electrons. The van der Waals surface area contributed by atoms with Crippen LogP contribution in [-0.4, -0.2) is 43.7 Å². The Balaban J connectivity index is 1.84. The Morgan fingerprint density at radius 1 is 1.32 bits per heavy atom. The van der Waals surface area contributed by atoms with Crippen molar-refractivity contribution in [3.8, 4) is 5.75 Å². The summed E-state index contributed by atoms with van der Waals surface area (Å²) < 4.78 is 5.19. The molecule has 1 aliphatic rings. The van der Waals surface area contributed by atoms with Gasteiger partial charge in [0, 0.05) is 31.7 Å². The lowest BCUT2D eigenvalue weighted by atomic mass is 9.95. The Hall–Kier alpha value is -1.06. The summed E-state index contributed by atoms with van der Waals surface area (Å²) in [5.74, 6) is 0.935. The van der Waals surface area contributed by atoms with E-state index in [9.17, 15) is 0 Å². The van der Waals surface area contributed by atoms with Gasteiger partial charge in [-0.05, 0) is 37.5 Å². The molecule has 0 spiro atoms. The average Bonchev–Trinajstić information content (AvgIpc) is 2.46. The third-order valence-electron chi connectivity index (χ3n) is 4.21. The largest absolute Gasteiger partial charge is 0.497 e. The van der Waals surface area contributed by atoms with Crippen LogP contribution in [0.15, 0.2) is 24.3 Å². The molecular formula is C16H26N2O. The van der Waals surface area contributed by atoms with Gasteiger partial charge in [-0.2, -0.15) is 0 Å². The molecule has 0 saturated carbocycles. The van der Waals surface area contributed by atoms with E-state index < -0.39 is 0 Å². The summed E-state index contributed by atoms with van der Waals surface area (Å²) in [4.78, 5) is 2.57.